The molecule has 1 fully saturated rings. The summed E-state index contributed by atoms with van der Waals surface area (Å²) in [5, 5.41) is 9.28. The monoisotopic (exact) mass is 273 g/mol. The van der Waals surface area contributed by atoms with E-state index >= 15 is 0 Å². The summed E-state index contributed by atoms with van der Waals surface area (Å²) in [5.74, 6) is 0.105. The van der Waals surface area contributed by atoms with Crippen molar-refractivity contribution in [3.8, 4) is 0 Å². The van der Waals surface area contributed by atoms with E-state index in [-0.39, 0.29) is 6.04 Å². The summed E-state index contributed by atoms with van der Waals surface area (Å²) in [6.45, 7) is 2.07. The Morgan fingerprint density at radius 1 is 1.55 bits per heavy atom. The summed E-state index contributed by atoms with van der Waals surface area (Å²) >= 11 is 0. The Bertz CT molecular complexity index is 664. The average molecular weight is 273 g/mol. The van der Waals surface area contributed by atoms with Gasteiger partial charge < -0.3 is 15.4 Å². The number of benzene rings is 1. The van der Waals surface area contributed by atoms with Crippen molar-refractivity contribution in [3.63, 3.8) is 0 Å². The van der Waals surface area contributed by atoms with Crippen LogP contribution in [0.5, 0.6) is 0 Å². The van der Waals surface area contributed by atoms with E-state index < -0.39 is 11.5 Å². The normalized spacial score (nSPS) is 26.2. The maximum Gasteiger partial charge on any atom is 0.323 e. The highest BCUT2D eigenvalue weighted by Gasteiger charge is 2.43. The number of para-hydroxylation sites is 2. The predicted molar refractivity (Wildman–Crippen MR) is 76.6 cm³/mol. The smallest absolute Gasteiger partial charge is 0.323 e. The lowest BCUT2D eigenvalue weighted by Crippen LogP contribution is -2.45. The molecule has 2 unspecified atom stereocenters. The minimum Gasteiger partial charge on any atom is -0.480 e. The van der Waals surface area contributed by atoms with Gasteiger partial charge in [0, 0.05) is 12.5 Å². The number of aryl methyl sites for hydroxylation is 1. The summed E-state index contributed by atoms with van der Waals surface area (Å²) in [7, 11) is 0. The standard InChI is InChI=1S/C15H19N3O2/c1-2-13-17-11-5-3-4-6-12(11)18(13)10-7-8-15(16,9-10)14(19)20/h3-6,10H,2,7-9,16H2,1H3,(H,19,20). The largest absolute Gasteiger partial charge is 0.480 e. The van der Waals surface area contributed by atoms with Gasteiger partial charge in [0.05, 0.1) is 11.0 Å². The summed E-state index contributed by atoms with van der Waals surface area (Å²) in [6, 6.07) is 8.12. The molecule has 0 radical (unpaired) electrons. The first-order valence-corrected chi connectivity index (χ1v) is 7.03. The van der Waals surface area contributed by atoms with Gasteiger partial charge >= 0.3 is 5.97 Å². The molecular formula is C15H19N3O2. The maximum atomic E-state index is 11.3. The van der Waals surface area contributed by atoms with Crippen molar-refractivity contribution in [1.82, 2.24) is 9.55 Å². The van der Waals surface area contributed by atoms with Crippen LogP contribution in [0, 0.1) is 0 Å². The van der Waals surface area contributed by atoms with E-state index in [4.69, 9.17) is 5.73 Å². The molecule has 1 aromatic heterocycles. The van der Waals surface area contributed by atoms with Crippen molar-refractivity contribution in [2.75, 3.05) is 0 Å². The summed E-state index contributed by atoms with van der Waals surface area (Å²) in [4.78, 5) is 15.9. The lowest BCUT2D eigenvalue weighted by molar-refractivity contribution is -0.143. The highest BCUT2D eigenvalue weighted by atomic mass is 16.4. The fourth-order valence-corrected chi connectivity index (χ4v) is 3.21. The molecule has 1 heterocycles. The Kier molecular flexibility index (Phi) is 3.01. The van der Waals surface area contributed by atoms with Gasteiger partial charge in [0.25, 0.3) is 0 Å². The van der Waals surface area contributed by atoms with Crippen LogP contribution in [-0.4, -0.2) is 26.2 Å². The first kappa shape index (κ1) is 13.1. The van der Waals surface area contributed by atoms with Crippen LogP contribution in [0.2, 0.25) is 0 Å². The van der Waals surface area contributed by atoms with Crippen LogP contribution in [-0.2, 0) is 11.2 Å². The number of aliphatic carboxylic acids is 1. The second-order valence-corrected chi connectivity index (χ2v) is 5.60. The van der Waals surface area contributed by atoms with Crippen LogP contribution in [0.1, 0.15) is 38.1 Å². The number of imidazole rings is 1. The topological polar surface area (TPSA) is 81.1 Å². The minimum absolute atomic E-state index is 0.124. The number of fused-ring (bicyclic) bond motifs is 1. The number of hydrogen-bond donors (Lipinski definition) is 2. The SMILES string of the molecule is CCc1nc2ccccc2n1C1CCC(N)(C(=O)O)C1. The molecule has 0 aliphatic heterocycles. The van der Waals surface area contributed by atoms with E-state index in [1.54, 1.807) is 0 Å². The molecule has 1 aromatic carbocycles. The Morgan fingerprint density at radius 2 is 2.30 bits per heavy atom. The van der Waals surface area contributed by atoms with Crippen LogP contribution in [0.4, 0.5) is 0 Å². The molecule has 106 valence electrons. The molecule has 2 atom stereocenters. The van der Waals surface area contributed by atoms with Crippen LogP contribution < -0.4 is 5.73 Å². The van der Waals surface area contributed by atoms with E-state index in [2.05, 4.69) is 16.5 Å². The van der Waals surface area contributed by atoms with E-state index in [1.165, 1.54) is 0 Å². The molecule has 0 spiro atoms. The maximum absolute atomic E-state index is 11.3. The van der Waals surface area contributed by atoms with Crippen LogP contribution in [0.25, 0.3) is 11.0 Å². The van der Waals surface area contributed by atoms with E-state index in [1.807, 2.05) is 24.3 Å². The zero-order chi connectivity index (χ0) is 14.3. The third-order valence-electron chi connectivity index (χ3n) is 4.30. The molecule has 3 rings (SSSR count). The van der Waals surface area contributed by atoms with Gasteiger partial charge in [-0.25, -0.2) is 4.98 Å². The summed E-state index contributed by atoms with van der Waals surface area (Å²) in [6.07, 6.45) is 2.60. The van der Waals surface area contributed by atoms with Gasteiger partial charge in [-0.15, -0.1) is 0 Å². The van der Waals surface area contributed by atoms with Crippen molar-refractivity contribution in [2.24, 2.45) is 5.73 Å². The number of aromatic nitrogens is 2. The second kappa shape index (κ2) is 4.59. The highest BCUT2D eigenvalue weighted by molar-refractivity contribution is 5.79. The van der Waals surface area contributed by atoms with E-state index in [0.29, 0.717) is 12.8 Å². The lowest BCUT2D eigenvalue weighted by atomic mass is 9.99. The molecule has 0 amide bonds. The van der Waals surface area contributed by atoms with Gasteiger partial charge in [-0.3, -0.25) is 4.79 Å². The van der Waals surface area contributed by atoms with Gasteiger partial charge in [-0.1, -0.05) is 19.1 Å². The molecule has 1 saturated carbocycles. The highest BCUT2D eigenvalue weighted by Crippen LogP contribution is 2.39. The third kappa shape index (κ3) is 1.89. The number of carboxylic acids is 1. The third-order valence-corrected chi connectivity index (χ3v) is 4.30. The first-order chi connectivity index (χ1) is 9.55. The van der Waals surface area contributed by atoms with E-state index in [0.717, 1.165) is 29.7 Å². The number of nitrogens with zero attached hydrogens (tertiary/aromatic N) is 2. The molecule has 3 N–H and O–H groups in total. The second-order valence-electron chi connectivity index (χ2n) is 5.60. The van der Waals surface area contributed by atoms with Crippen molar-refractivity contribution in [1.29, 1.82) is 0 Å². The zero-order valence-electron chi connectivity index (χ0n) is 11.5. The predicted octanol–water partition coefficient (Wildman–Crippen LogP) is 2.11. The number of rotatable bonds is 3. The molecule has 5 heteroatoms. The minimum atomic E-state index is -1.10. The lowest BCUT2D eigenvalue weighted by Gasteiger charge is -2.20. The number of carboxylic acid groups (broad SMARTS) is 1. The van der Waals surface area contributed by atoms with Crippen molar-refractivity contribution < 1.29 is 9.90 Å². The quantitative estimate of drug-likeness (QED) is 0.897. The molecule has 20 heavy (non-hydrogen) atoms. The van der Waals surface area contributed by atoms with Crippen LogP contribution in [0.3, 0.4) is 0 Å². The van der Waals surface area contributed by atoms with Crippen molar-refractivity contribution in [2.45, 2.75) is 44.2 Å². The molecule has 5 nitrogen and oxygen atoms in total. The van der Waals surface area contributed by atoms with Gasteiger partial charge in [-0.05, 0) is 31.4 Å². The van der Waals surface area contributed by atoms with Gasteiger partial charge in [0.1, 0.15) is 11.4 Å². The summed E-state index contributed by atoms with van der Waals surface area (Å²) < 4.78 is 2.19. The molecule has 1 aliphatic carbocycles. The van der Waals surface area contributed by atoms with Crippen molar-refractivity contribution >= 4 is 17.0 Å². The number of hydrogen-bond acceptors (Lipinski definition) is 3. The zero-order valence-corrected chi connectivity index (χ0v) is 11.5. The fraction of sp³-hybridized carbons (Fsp3) is 0.467. The van der Waals surface area contributed by atoms with Gasteiger partial charge in [-0.2, -0.15) is 0 Å². The molecule has 2 aromatic rings. The Labute approximate surface area is 117 Å². The van der Waals surface area contributed by atoms with Gasteiger partial charge in [0.2, 0.25) is 0 Å². The van der Waals surface area contributed by atoms with E-state index in [9.17, 15) is 9.90 Å². The van der Waals surface area contributed by atoms with Crippen LogP contribution in [0.15, 0.2) is 24.3 Å². The average Bonchev–Trinajstić information content (AvgIpc) is 2.99. The van der Waals surface area contributed by atoms with Crippen LogP contribution >= 0.6 is 0 Å². The molecule has 0 bridgehead atoms. The number of nitrogens with two attached hydrogens (primary N) is 1. The molecular weight excluding hydrogens is 254 g/mol. The Hall–Kier alpha value is -1.88. The molecule has 0 saturated heterocycles. The fourth-order valence-electron chi connectivity index (χ4n) is 3.21. The Balaban J connectivity index is 2.05. The van der Waals surface area contributed by atoms with Gasteiger partial charge in [0.15, 0.2) is 0 Å². The Morgan fingerprint density at radius 3 is 2.95 bits per heavy atom. The summed E-state index contributed by atoms with van der Waals surface area (Å²) in [5.41, 5.74) is 6.94. The molecule has 1 aliphatic rings. The first-order valence-electron chi connectivity index (χ1n) is 7.03. The van der Waals surface area contributed by atoms with Crippen molar-refractivity contribution in [3.05, 3.63) is 30.1 Å². The number of carbonyl (C=O) groups is 1.